The average Bonchev–Trinajstić information content (AvgIpc) is 3.51. The number of aromatic nitrogens is 1. The van der Waals surface area contributed by atoms with Crippen molar-refractivity contribution >= 4 is 50.2 Å². The summed E-state index contributed by atoms with van der Waals surface area (Å²) >= 11 is 6.66. The largest absolute Gasteiger partial charge is 0.508 e. The van der Waals surface area contributed by atoms with E-state index in [1.807, 2.05) is 37.3 Å². The van der Waals surface area contributed by atoms with Crippen LogP contribution >= 0.6 is 11.6 Å². The molecule has 0 bridgehead atoms. The van der Waals surface area contributed by atoms with Gasteiger partial charge in [0.15, 0.2) is 0 Å². The number of aromatic hydroxyl groups is 1. The molecule has 54 heavy (non-hydrogen) atoms. The van der Waals surface area contributed by atoms with Crippen molar-refractivity contribution in [1.82, 2.24) is 23.8 Å². The lowest BCUT2D eigenvalue weighted by Gasteiger charge is -2.55. The minimum absolute atomic E-state index is 0.0297. The summed E-state index contributed by atoms with van der Waals surface area (Å²) in [5.41, 5.74) is 3.46. The molecule has 2 fully saturated rings. The van der Waals surface area contributed by atoms with Crippen molar-refractivity contribution in [1.29, 1.82) is 0 Å². The first-order valence-electron chi connectivity index (χ1n) is 17.7. The molecule has 13 heteroatoms. The molecule has 2 aliphatic heterocycles. The van der Waals surface area contributed by atoms with E-state index in [4.69, 9.17) is 11.6 Å². The molecule has 0 spiro atoms. The van der Waals surface area contributed by atoms with Crippen molar-refractivity contribution in [2.75, 3.05) is 19.6 Å². The lowest BCUT2D eigenvalue weighted by molar-refractivity contribution is -0.205. The summed E-state index contributed by atoms with van der Waals surface area (Å²) in [7, 11) is -4.10. The molecule has 3 heterocycles. The average molecular weight is 766 g/mol. The molecular weight excluding hydrogens is 726 g/mol. The van der Waals surface area contributed by atoms with Crippen LogP contribution in [0.4, 0.5) is 0 Å². The second-order valence-corrected chi connectivity index (χ2v) is 15.9. The first kappa shape index (κ1) is 36.9. The van der Waals surface area contributed by atoms with Gasteiger partial charge >= 0.3 is 0 Å². The lowest BCUT2D eigenvalue weighted by Crippen LogP contribution is -2.75. The van der Waals surface area contributed by atoms with E-state index >= 15 is 0 Å². The molecule has 5 aromatic rings. The lowest BCUT2D eigenvalue weighted by atomic mass is 9.97. The van der Waals surface area contributed by atoms with Gasteiger partial charge < -0.3 is 14.9 Å². The van der Waals surface area contributed by atoms with E-state index in [-0.39, 0.29) is 72.4 Å². The maximum absolute atomic E-state index is 14.7. The predicted octanol–water partition coefficient (Wildman–Crippen LogP) is 5.53. The molecule has 11 nitrogen and oxygen atoms in total. The van der Waals surface area contributed by atoms with E-state index < -0.39 is 22.2 Å². The molecule has 0 radical (unpaired) electrons. The number of carbonyl (C=O) groups is 3. The number of fused-ring (bicyclic) bond motifs is 2. The zero-order valence-electron chi connectivity index (χ0n) is 29.7. The van der Waals surface area contributed by atoms with Crippen LogP contribution in [0, 0.1) is 6.92 Å². The normalized spacial score (nSPS) is 17.9. The summed E-state index contributed by atoms with van der Waals surface area (Å²) in [6, 6.07) is 26.9. The van der Waals surface area contributed by atoms with E-state index in [0.29, 0.717) is 28.5 Å². The minimum atomic E-state index is -4.10. The Hall–Kier alpha value is -5.43. The number of carbonyl (C=O) groups excluding carboxylic acids is 3. The maximum Gasteiger partial charge on any atom is 0.268 e. The number of phenolic OH excluding ortho intramolecular Hbond substituents is 1. The highest BCUT2D eigenvalue weighted by molar-refractivity contribution is 7.90. The van der Waals surface area contributed by atoms with Crippen molar-refractivity contribution in [3.63, 3.8) is 0 Å². The fourth-order valence-electron chi connectivity index (χ4n) is 7.40. The van der Waals surface area contributed by atoms with Crippen LogP contribution in [-0.4, -0.2) is 86.9 Å². The fraction of sp³-hybridized carbons (Fsp3) is 0.244. The zero-order chi connectivity index (χ0) is 38.1. The van der Waals surface area contributed by atoms with Crippen LogP contribution in [0.3, 0.4) is 0 Å². The predicted molar refractivity (Wildman–Crippen MR) is 206 cm³/mol. The molecule has 2 atom stereocenters. The van der Waals surface area contributed by atoms with Gasteiger partial charge in [-0.2, -0.15) is 0 Å². The number of hydrogen-bond donors (Lipinski definition) is 1. The van der Waals surface area contributed by atoms with E-state index in [1.165, 1.54) is 23.2 Å². The van der Waals surface area contributed by atoms with Crippen LogP contribution in [-0.2, 0) is 43.8 Å². The molecule has 1 N–H and O–H groups in total. The Balaban J connectivity index is 1.30. The van der Waals surface area contributed by atoms with Crippen LogP contribution < -0.4 is 0 Å². The monoisotopic (exact) mass is 765 g/mol. The number of benzene rings is 4. The first-order valence-corrected chi connectivity index (χ1v) is 19.5. The van der Waals surface area contributed by atoms with Crippen LogP contribution in [0.25, 0.3) is 10.9 Å². The number of hydrazine groups is 1. The van der Waals surface area contributed by atoms with E-state index in [9.17, 15) is 27.9 Å². The van der Waals surface area contributed by atoms with Crippen molar-refractivity contribution in [3.8, 4) is 5.75 Å². The van der Waals surface area contributed by atoms with E-state index in [2.05, 4.69) is 6.58 Å². The van der Waals surface area contributed by atoms with Gasteiger partial charge in [-0.1, -0.05) is 96.0 Å². The number of hydrogen-bond acceptors (Lipinski definition) is 7. The topological polar surface area (TPSA) is 123 Å². The Morgan fingerprint density at radius 3 is 2.37 bits per heavy atom. The third kappa shape index (κ3) is 7.12. The van der Waals surface area contributed by atoms with Gasteiger partial charge in [0.05, 0.1) is 28.5 Å². The summed E-state index contributed by atoms with van der Waals surface area (Å²) in [6.07, 6.45) is 2.91. The highest BCUT2D eigenvalue weighted by Gasteiger charge is 2.51. The smallest absolute Gasteiger partial charge is 0.268 e. The Kier molecular flexibility index (Phi) is 10.3. The van der Waals surface area contributed by atoms with Gasteiger partial charge in [-0.15, -0.1) is 6.58 Å². The van der Waals surface area contributed by atoms with E-state index in [0.717, 1.165) is 15.1 Å². The van der Waals surface area contributed by atoms with Crippen LogP contribution in [0.1, 0.15) is 28.7 Å². The molecule has 4 aromatic carbocycles. The highest BCUT2D eigenvalue weighted by Crippen LogP contribution is 2.35. The Morgan fingerprint density at radius 1 is 0.944 bits per heavy atom. The first-order chi connectivity index (χ1) is 26.0. The molecular formula is C41H40ClN5O6S. The second-order valence-electron chi connectivity index (χ2n) is 13.7. The molecule has 0 saturated carbocycles. The number of para-hydroxylation sites is 1. The zero-order valence-corrected chi connectivity index (χ0v) is 31.3. The highest BCUT2D eigenvalue weighted by atomic mass is 35.5. The van der Waals surface area contributed by atoms with Gasteiger partial charge in [-0.25, -0.2) is 22.4 Å². The van der Waals surface area contributed by atoms with Crippen LogP contribution in [0.15, 0.2) is 121 Å². The van der Waals surface area contributed by atoms with Crippen molar-refractivity contribution in [3.05, 3.63) is 143 Å². The molecule has 2 saturated heterocycles. The quantitative estimate of drug-likeness (QED) is 0.176. The number of amides is 3. The number of phenols is 1. The third-order valence-corrected chi connectivity index (χ3v) is 12.0. The molecule has 0 unspecified atom stereocenters. The van der Waals surface area contributed by atoms with Gasteiger partial charge in [0.1, 0.15) is 18.0 Å². The van der Waals surface area contributed by atoms with Gasteiger partial charge in [-0.3, -0.25) is 14.4 Å². The molecule has 1 aromatic heterocycles. The van der Waals surface area contributed by atoms with Gasteiger partial charge in [0.25, 0.3) is 10.0 Å². The minimum Gasteiger partial charge on any atom is -0.508 e. The number of aryl methyl sites for hydroxylation is 2. The summed E-state index contributed by atoms with van der Waals surface area (Å²) < 4.78 is 29.3. The van der Waals surface area contributed by atoms with Crippen LogP contribution in [0.2, 0.25) is 5.02 Å². The fourth-order valence-corrected chi connectivity index (χ4v) is 9.11. The molecule has 2 aliphatic rings. The maximum atomic E-state index is 14.7. The van der Waals surface area contributed by atoms with Crippen molar-refractivity contribution < 1.29 is 27.9 Å². The Labute approximate surface area is 319 Å². The van der Waals surface area contributed by atoms with Gasteiger partial charge in [0.2, 0.25) is 17.7 Å². The molecule has 0 aliphatic carbocycles. The number of nitrogens with zero attached hydrogens (tertiary/aromatic N) is 5. The van der Waals surface area contributed by atoms with Gasteiger partial charge in [-0.05, 0) is 54.3 Å². The summed E-state index contributed by atoms with van der Waals surface area (Å²) in [4.78, 5) is 46.2. The number of rotatable bonds is 11. The summed E-state index contributed by atoms with van der Waals surface area (Å²) in [6.45, 7) is 5.78. The van der Waals surface area contributed by atoms with Gasteiger partial charge in [0, 0.05) is 37.5 Å². The Bertz CT molecular complexity index is 2330. The second kappa shape index (κ2) is 15.1. The molecule has 278 valence electrons. The standard InChI is InChI=1S/C41H40ClN5O6S/c1-3-22-44-27-39(50)46-36(23-30-14-17-32(48)18-15-30)41(51)43(26-37(46)47(44)38(49)21-16-29-8-5-4-6-9-29)24-31-10-7-11-34-35(42)25-45(40(31)34)54(52,53)33-19-12-28(2)13-20-33/h3-15,17-20,25,36-37,48H,1,16,21-24,26-27H2,2H3/t36-,37-/m0/s1. The number of piperazine rings is 1. The Morgan fingerprint density at radius 2 is 1.67 bits per heavy atom. The third-order valence-electron chi connectivity index (χ3n) is 10.0. The van der Waals surface area contributed by atoms with E-state index in [1.54, 1.807) is 75.6 Å². The summed E-state index contributed by atoms with van der Waals surface area (Å²) in [5.74, 6) is -0.817. The molecule has 7 rings (SSSR count). The number of halogens is 1. The summed E-state index contributed by atoms with van der Waals surface area (Å²) in [5, 5.41) is 14.0. The van der Waals surface area contributed by atoms with Crippen molar-refractivity contribution in [2.24, 2.45) is 0 Å². The SMILES string of the molecule is C=CCN1CC(=O)N2[C@@H](Cc3ccc(O)cc3)C(=O)N(Cc3cccc4c(Cl)cn(S(=O)(=O)c5ccc(C)cc5)c34)C[C@@H]2N1C(=O)CCc1ccccc1. The van der Waals surface area contributed by atoms with Crippen LogP contribution in [0.5, 0.6) is 5.75 Å². The van der Waals surface area contributed by atoms with Crippen molar-refractivity contribution in [2.45, 2.75) is 49.8 Å². The molecule has 3 amide bonds.